The van der Waals surface area contributed by atoms with Crippen LogP contribution in [0.1, 0.15) is 23.3 Å². The Balaban J connectivity index is 1.50. The molecule has 3 atom stereocenters. The highest BCUT2D eigenvalue weighted by molar-refractivity contribution is 9.10. The van der Waals surface area contributed by atoms with E-state index in [1.54, 1.807) is 6.33 Å². The summed E-state index contributed by atoms with van der Waals surface area (Å²) >= 11 is 3.43. The van der Waals surface area contributed by atoms with Crippen molar-refractivity contribution in [1.82, 2.24) is 19.6 Å². The van der Waals surface area contributed by atoms with Gasteiger partial charge in [-0.25, -0.2) is 4.98 Å². The smallest absolute Gasteiger partial charge is 0.270 e. The van der Waals surface area contributed by atoms with Crippen molar-refractivity contribution in [3.8, 4) is 0 Å². The maximum absolute atomic E-state index is 12.4. The SMILES string of the molecule is O=C(N[C@@H]1C[C@H]2CCN(C2)C1)c1cc2cc(Br)cn2cn1. The molecule has 0 aromatic carbocycles. The van der Waals surface area contributed by atoms with E-state index < -0.39 is 0 Å². The Hall–Kier alpha value is -1.40. The van der Waals surface area contributed by atoms with Crippen LogP contribution in [-0.2, 0) is 0 Å². The number of hydrogen-bond donors (Lipinski definition) is 1. The van der Waals surface area contributed by atoms with E-state index in [4.69, 9.17) is 0 Å². The number of carbonyl (C=O) groups is 1. The second kappa shape index (κ2) is 5.10. The van der Waals surface area contributed by atoms with Gasteiger partial charge in [0.25, 0.3) is 5.91 Å². The van der Waals surface area contributed by atoms with Crippen molar-refractivity contribution in [3.05, 3.63) is 34.8 Å². The number of hydrogen-bond acceptors (Lipinski definition) is 3. The summed E-state index contributed by atoms with van der Waals surface area (Å²) in [6.07, 6.45) is 5.98. The van der Waals surface area contributed by atoms with Crippen LogP contribution in [0.25, 0.3) is 5.52 Å². The Bertz CT molecular complexity index is 686. The summed E-state index contributed by atoms with van der Waals surface area (Å²) in [5, 5.41) is 3.14. The highest BCUT2D eigenvalue weighted by atomic mass is 79.9. The predicted molar refractivity (Wildman–Crippen MR) is 83.3 cm³/mol. The molecule has 110 valence electrons. The highest BCUT2D eigenvalue weighted by Crippen LogP contribution is 2.26. The van der Waals surface area contributed by atoms with Crippen LogP contribution in [0.3, 0.4) is 0 Å². The molecule has 0 saturated carbocycles. The van der Waals surface area contributed by atoms with Crippen LogP contribution in [0.5, 0.6) is 0 Å². The molecule has 0 radical (unpaired) electrons. The van der Waals surface area contributed by atoms with Crippen molar-refractivity contribution in [1.29, 1.82) is 0 Å². The minimum Gasteiger partial charge on any atom is -0.347 e. The van der Waals surface area contributed by atoms with Crippen molar-refractivity contribution >= 4 is 27.4 Å². The average Bonchev–Trinajstić information content (AvgIpc) is 2.99. The van der Waals surface area contributed by atoms with Gasteiger partial charge in [-0.3, -0.25) is 4.79 Å². The molecule has 4 rings (SSSR count). The zero-order chi connectivity index (χ0) is 14.4. The van der Waals surface area contributed by atoms with E-state index in [9.17, 15) is 4.79 Å². The van der Waals surface area contributed by atoms with E-state index in [2.05, 4.69) is 31.1 Å². The molecule has 2 aliphatic rings. The summed E-state index contributed by atoms with van der Waals surface area (Å²) in [5.74, 6) is 0.684. The van der Waals surface area contributed by atoms with Gasteiger partial charge < -0.3 is 14.6 Å². The van der Waals surface area contributed by atoms with Gasteiger partial charge in [0.05, 0.1) is 0 Å². The monoisotopic (exact) mass is 348 g/mol. The summed E-state index contributed by atoms with van der Waals surface area (Å²) in [5.41, 5.74) is 1.45. The fraction of sp³-hybridized carbons (Fsp3) is 0.467. The second-order valence-electron chi connectivity index (χ2n) is 6.08. The van der Waals surface area contributed by atoms with Gasteiger partial charge in [0.1, 0.15) is 12.0 Å². The Kier molecular flexibility index (Phi) is 3.23. The third-order valence-electron chi connectivity index (χ3n) is 4.49. The molecule has 1 amide bonds. The molecule has 2 aromatic heterocycles. The molecule has 0 aliphatic carbocycles. The van der Waals surface area contributed by atoms with Crippen LogP contribution >= 0.6 is 15.9 Å². The number of nitrogens with zero attached hydrogens (tertiary/aromatic N) is 3. The number of halogens is 1. The average molecular weight is 349 g/mol. The largest absolute Gasteiger partial charge is 0.347 e. The van der Waals surface area contributed by atoms with E-state index in [1.807, 2.05) is 22.7 Å². The van der Waals surface area contributed by atoms with Crippen LogP contribution in [0.2, 0.25) is 0 Å². The van der Waals surface area contributed by atoms with Gasteiger partial charge in [-0.2, -0.15) is 0 Å². The Labute approximate surface area is 131 Å². The van der Waals surface area contributed by atoms with Gasteiger partial charge in [-0.1, -0.05) is 0 Å². The maximum Gasteiger partial charge on any atom is 0.270 e. The summed E-state index contributed by atoms with van der Waals surface area (Å²) < 4.78 is 2.88. The fourth-order valence-corrected chi connectivity index (χ4v) is 3.98. The van der Waals surface area contributed by atoms with Gasteiger partial charge >= 0.3 is 0 Å². The summed E-state index contributed by atoms with van der Waals surface area (Å²) in [4.78, 5) is 19.1. The van der Waals surface area contributed by atoms with Crippen molar-refractivity contribution in [2.75, 3.05) is 19.6 Å². The molecular formula is C15H17BrN4O. The first-order chi connectivity index (χ1) is 10.2. The molecule has 1 unspecified atom stereocenters. The maximum atomic E-state index is 12.4. The number of rotatable bonds is 2. The zero-order valence-electron chi connectivity index (χ0n) is 11.6. The van der Waals surface area contributed by atoms with E-state index in [-0.39, 0.29) is 11.9 Å². The number of carbonyl (C=O) groups excluding carboxylic acids is 1. The van der Waals surface area contributed by atoms with Gasteiger partial charge in [0, 0.05) is 35.3 Å². The third kappa shape index (κ3) is 2.58. The lowest BCUT2D eigenvalue weighted by atomic mass is 9.97. The van der Waals surface area contributed by atoms with E-state index >= 15 is 0 Å². The molecule has 0 spiro atoms. The van der Waals surface area contributed by atoms with Gasteiger partial charge in [0.2, 0.25) is 0 Å². The number of fused-ring (bicyclic) bond motifs is 3. The summed E-state index contributed by atoms with van der Waals surface area (Å²) in [6.45, 7) is 3.36. The third-order valence-corrected chi connectivity index (χ3v) is 4.92. The lowest BCUT2D eigenvalue weighted by Crippen LogP contribution is -2.47. The highest BCUT2D eigenvalue weighted by Gasteiger charge is 2.33. The summed E-state index contributed by atoms with van der Waals surface area (Å²) in [6, 6.07) is 4.07. The van der Waals surface area contributed by atoms with Crippen molar-refractivity contribution < 1.29 is 4.79 Å². The standard InChI is InChI=1S/C15H17BrN4O/c16-11-4-13-5-14(17-9-20(13)7-11)15(21)18-12-3-10-1-2-19(6-10)8-12/h4-5,7,9-10,12H,1-3,6,8H2,(H,18,21)/t10-,12-/m1/s1. The molecule has 5 nitrogen and oxygen atoms in total. The first-order valence-corrected chi connectivity index (χ1v) is 8.13. The predicted octanol–water partition coefficient (Wildman–Crippen LogP) is 1.92. The Morgan fingerprint density at radius 3 is 3.14 bits per heavy atom. The lowest BCUT2D eigenvalue weighted by molar-refractivity contribution is 0.0904. The van der Waals surface area contributed by atoms with Crippen LogP contribution in [0, 0.1) is 5.92 Å². The van der Waals surface area contributed by atoms with E-state index in [0.717, 1.165) is 28.9 Å². The Morgan fingerprint density at radius 1 is 1.38 bits per heavy atom. The minimum absolute atomic E-state index is 0.0673. The fourth-order valence-electron chi connectivity index (χ4n) is 3.53. The van der Waals surface area contributed by atoms with Crippen molar-refractivity contribution in [2.45, 2.75) is 18.9 Å². The first kappa shape index (κ1) is 13.3. The quantitative estimate of drug-likeness (QED) is 0.901. The second-order valence-corrected chi connectivity index (χ2v) is 7.00. The van der Waals surface area contributed by atoms with Gasteiger partial charge in [0.15, 0.2) is 0 Å². The van der Waals surface area contributed by atoms with Crippen LogP contribution < -0.4 is 5.32 Å². The van der Waals surface area contributed by atoms with Crippen molar-refractivity contribution in [2.24, 2.45) is 5.92 Å². The molecule has 2 fully saturated rings. The molecule has 4 heterocycles. The number of amides is 1. The lowest BCUT2D eigenvalue weighted by Gasteiger charge is -2.30. The topological polar surface area (TPSA) is 49.6 Å². The molecule has 6 heteroatoms. The molecule has 1 N–H and O–H groups in total. The summed E-state index contributed by atoms with van der Waals surface area (Å²) in [7, 11) is 0. The van der Waals surface area contributed by atoms with E-state index in [1.165, 1.54) is 19.5 Å². The normalized spacial score (nSPS) is 28.0. The molecule has 21 heavy (non-hydrogen) atoms. The molecule has 2 bridgehead atoms. The zero-order valence-corrected chi connectivity index (χ0v) is 13.2. The number of aromatic nitrogens is 2. The molecule has 2 saturated heterocycles. The molecular weight excluding hydrogens is 332 g/mol. The Morgan fingerprint density at radius 2 is 2.29 bits per heavy atom. The number of nitrogens with one attached hydrogen (secondary N) is 1. The molecule has 2 aliphatic heterocycles. The van der Waals surface area contributed by atoms with Crippen LogP contribution in [-0.4, -0.2) is 45.9 Å². The van der Waals surface area contributed by atoms with Gasteiger partial charge in [-0.15, -0.1) is 0 Å². The van der Waals surface area contributed by atoms with Crippen LogP contribution in [0.15, 0.2) is 29.1 Å². The van der Waals surface area contributed by atoms with Crippen molar-refractivity contribution in [3.63, 3.8) is 0 Å². The van der Waals surface area contributed by atoms with Crippen LogP contribution in [0.4, 0.5) is 0 Å². The van der Waals surface area contributed by atoms with E-state index in [0.29, 0.717) is 5.69 Å². The molecule has 2 aromatic rings. The minimum atomic E-state index is -0.0673. The van der Waals surface area contributed by atoms with Gasteiger partial charge in [-0.05, 0) is 53.4 Å². The number of piperidine rings is 1. The first-order valence-electron chi connectivity index (χ1n) is 7.34.